The minimum Gasteiger partial charge on any atom is -0.480 e. The number of carboxylic acid groups (broad SMARTS) is 1. The van der Waals surface area contributed by atoms with E-state index in [2.05, 4.69) is 10.6 Å². The molecule has 2 aromatic rings. The molecule has 2 aromatic carbocycles. The van der Waals surface area contributed by atoms with Crippen LogP contribution in [-0.2, 0) is 43.6 Å². The van der Waals surface area contributed by atoms with Crippen LogP contribution >= 0.6 is 0 Å². The van der Waals surface area contributed by atoms with Gasteiger partial charge in [-0.05, 0) is 60.9 Å². The Morgan fingerprint density at radius 2 is 1.68 bits per heavy atom. The second kappa shape index (κ2) is 17.7. The molecule has 0 aromatic heterocycles. The van der Waals surface area contributed by atoms with Crippen LogP contribution in [0.5, 0.6) is 0 Å². The highest BCUT2D eigenvalue weighted by Gasteiger charge is 2.45. The van der Waals surface area contributed by atoms with Gasteiger partial charge in [0, 0.05) is 31.6 Å². The third kappa shape index (κ3) is 10.8. The highest BCUT2D eigenvalue weighted by atomic mass is 32.2. The number of carbonyl (C=O) groups excluding carboxylic acids is 2. The van der Waals surface area contributed by atoms with E-state index in [-0.39, 0.29) is 31.4 Å². The highest BCUT2D eigenvalue weighted by Crippen LogP contribution is 2.24. The zero-order valence-electron chi connectivity index (χ0n) is 27.4. The minimum absolute atomic E-state index is 0.0423. The topological polar surface area (TPSA) is 159 Å². The summed E-state index contributed by atoms with van der Waals surface area (Å²) in [5.74, 6) is -5.21. The normalized spacial score (nSPS) is 16.9. The summed E-state index contributed by atoms with van der Waals surface area (Å²) < 4.78 is 55.8. The van der Waals surface area contributed by atoms with E-state index in [0.29, 0.717) is 38.3 Å². The van der Waals surface area contributed by atoms with Crippen LogP contribution in [0.1, 0.15) is 76.0 Å². The van der Waals surface area contributed by atoms with Gasteiger partial charge in [-0.3, -0.25) is 9.59 Å². The number of aliphatic carboxylic acids is 1. The first-order chi connectivity index (χ1) is 22.3. The second-order valence-electron chi connectivity index (χ2n) is 12.3. The van der Waals surface area contributed by atoms with Gasteiger partial charge in [-0.2, -0.15) is 0 Å². The van der Waals surface area contributed by atoms with Crippen molar-refractivity contribution in [2.45, 2.75) is 108 Å². The summed E-state index contributed by atoms with van der Waals surface area (Å²) in [5.41, 5.74) is 8.89. The molecule has 0 saturated carbocycles. The Kier molecular flexibility index (Phi) is 14.3. The van der Waals surface area contributed by atoms with Gasteiger partial charge in [0.1, 0.15) is 23.7 Å². The zero-order valence-corrected chi connectivity index (χ0v) is 28.2. The van der Waals surface area contributed by atoms with Crippen molar-refractivity contribution in [1.82, 2.24) is 15.5 Å². The van der Waals surface area contributed by atoms with Crippen molar-refractivity contribution < 1.29 is 36.7 Å². The predicted molar refractivity (Wildman–Crippen MR) is 176 cm³/mol. The number of hydrogen-bond donors (Lipinski definition) is 4. The van der Waals surface area contributed by atoms with Gasteiger partial charge in [0.2, 0.25) is 11.8 Å². The van der Waals surface area contributed by atoms with E-state index in [9.17, 15) is 36.7 Å². The van der Waals surface area contributed by atoms with Crippen LogP contribution < -0.4 is 16.4 Å². The number of amides is 2. The SMILES string of the molecule is CCCC(CCC)S(=O)(=O)C[C@H](C(=O)O)N(C(=O)[C@H]1CCC(=O)N1)[C@H](CNCc1cccc(CC)c1)C(N)Cc1cc(F)cc(F)c1. The van der Waals surface area contributed by atoms with Crippen molar-refractivity contribution in [2.75, 3.05) is 12.3 Å². The number of halogens is 2. The standard InChI is InChI=1S/C34H48F2N4O6S/c1-4-8-27(9-5-2)47(45,46)21-31(34(43)44)40(33(42)29-12-13-32(41)39-29)30(20-38-19-23-11-7-10-22(6-3)14-23)28(37)17-24-15-25(35)18-26(36)16-24/h7,10-11,14-16,18,27-31,38H,4-6,8-9,12-13,17,19-21,37H2,1-3H3,(H,39,41)(H,43,44)/t28?,29-,30-,31-/m1/s1. The van der Waals surface area contributed by atoms with Gasteiger partial charge >= 0.3 is 5.97 Å². The highest BCUT2D eigenvalue weighted by molar-refractivity contribution is 7.92. The summed E-state index contributed by atoms with van der Waals surface area (Å²) >= 11 is 0. The van der Waals surface area contributed by atoms with Gasteiger partial charge in [-0.15, -0.1) is 0 Å². The Morgan fingerprint density at radius 3 is 2.23 bits per heavy atom. The van der Waals surface area contributed by atoms with Gasteiger partial charge in [0.25, 0.3) is 0 Å². The molecule has 0 spiro atoms. The molecule has 1 heterocycles. The summed E-state index contributed by atoms with van der Waals surface area (Å²) in [6.07, 6.45) is 2.60. The first-order valence-corrected chi connectivity index (χ1v) is 18.1. The van der Waals surface area contributed by atoms with Crippen molar-refractivity contribution in [2.24, 2.45) is 5.73 Å². The maximum atomic E-state index is 14.2. The van der Waals surface area contributed by atoms with Gasteiger partial charge in [0.15, 0.2) is 9.84 Å². The molecule has 260 valence electrons. The number of rotatable bonds is 19. The Hall–Kier alpha value is -3.42. The van der Waals surface area contributed by atoms with E-state index in [0.717, 1.165) is 34.6 Å². The molecule has 2 amide bonds. The molecule has 0 aliphatic carbocycles. The third-order valence-corrected chi connectivity index (χ3v) is 10.9. The molecule has 47 heavy (non-hydrogen) atoms. The van der Waals surface area contributed by atoms with Crippen molar-refractivity contribution in [1.29, 1.82) is 0 Å². The Morgan fingerprint density at radius 1 is 1.04 bits per heavy atom. The Labute approximate surface area is 276 Å². The summed E-state index contributed by atoms with van der Waals surface area (Å²) in [4.78, 5) is 40.3. The lowest BCUT2D eigenvalue weighted by atomic mass is 9.96. The van der Waals surface area contributed by atoms with Gasteiger partial charge in [-0.1, -0.05) is 57.9 Å². The molecule has 13 heteroatoms. The number of nitrogens with zero attached hydrogens (tertiary/aromatic N) is 1. The summed E-state index contributed by atoms with van der Waals surface area (Å²) in [7, 11) is -4.03. The molecule has 5 N–H and O–H groups in total. The van der Waals surface area contributed by atoms with E-state index in [1.807, 2.05) is 45.0 Å². The van der Waals surface area contributed by atoms with Crippen molar-refractivity contribution in [3.05, 3.63) is 70.8 Å². The van der Waals surface area contributed by atoms with Crippen LogP contribution in [0.4, 0.5) is 8.78 Å². The van der Waals surface area contributed by atoms with Crippen LogP contribution in [0, 0.1) is 11.6 Å². The van der Waals surface area contributed by atoms with Crippen LogP contribution in [0.25, 0.3) is 0 Å². The van der Waals surface area contributed by atoms with Crippen LogP contribution in [0.3, 0.4) is 0 Å². The van der Waals surface area contributed by atoms with Crippen molar-refractivity contribution in [3.63, 3.8) is 0 Å². The molecule has 1 aliphatic rings. The van der Waals surface area contributed by atoms with Crippen molar-refractivity contribution >= 4 is 27.6 Å². The molecule has 10 nitrogen and oxygen atoms in total. The molecule has 0 bridgehead atoms. The maximum Gasteiger partial charge on any atom is 0.327 e. The first kappa shape index (κ1) is 38.0. The average Bonchev–Trinajstić information content (AvgIpc) is 3.45. The lowest BCUT2D eigenvalue weighted by molar-refractivity contribution is -0.152. The van der Waals surface area contributed by atoms with E-state index in [1.54, 1.807) is 0 Å². The van der Waals surface area contributed by atoms with Gasteiger partial charge in [-0.25, -0.2) is 22.0 Å². The first-order valence-electron chi connectivity index (χ1n) is 16.3. The number of sulfone groups is 1. The molecule has 3 rings (SSSR count). The van der Waals surface area contributed by atoms with Gasteiger partial charge < -0.3 is 26.4 Å². The fourth-order valence-corrected chi connectivity index (χ4v) is 8.42. The maximum absolute atomic E-state index is 14.2. The summed E-state index contributed by atoms with van der Waals surface area (Å²) in [5, 5.41) is 15.6. The number of nitrogens with two attached hydrogens (primary N) is 1. The molecular formula is C34H48F2N4O6S. The predicted octanol–water partition coefficient (Wildman–Crippen LogP) is 3.50. The lowest BCUT2D eigenvalue weighted by Gasteiger charge is -2.41. The molecule has 0 radical (unpaired) electrons. The number of carbonyl (C=O) groups is 3. The summed E-state index contributed by atoms with van der Waals surface area (Å²) in [6.45, 7) is 5.96. The van der Waals surface area contributed by atoms with Crippen LogP contribution in [-0.4, -0.2) is 77.9 Å². The smallest absolute Gasteiger partial charge is 0.327 e. The third-order valence-electron chi connectivity index (χ3n) is 8.62. The quantitative estimate of drug-likeness (QED) is 0.176. The molecule has 1 saturated heterocycles. The molecule has 1 fully saturated rings. The monoisotopic (exact) mass is 678 g/mol. The molecular weight excluding hydrogens is 630 g/mol. The molecule has 4 atom stereocenters. The number of aryl methyl sites for hydroxylation is 1. The number of hydrogen-bond acceptors (Lipinski definition) is 7. The Bertz CT molecular complexity index is 1460. The van der Waals surface area contributed by atoms with E-state index < -0.39 is 74.4 Å². The fraction of sp³-hybridized carbons (Fsp3) is 0.559. The van der Waals surface area contributed by atoms with E-state index in [1.165, 1.54) is 0 Å². The van der Waals surface area contributed by atoms with Gasteiger partial charge in [0.05, 0.1) is 17.0 Å². The summed E-state index contributed by atoms with van der Waals surface area (Å²) in [6, 6.07) is 5.56. The Balaban J connectivity index is 2.08. The number of nitrogens with one attached hydrogen (secondary N) is 2. The molecule has 1 unspecified atom stereocenters. The molecule has 1 aliphatic heterocycles. The average molecular weight is 679 g/mol. The number of benzene rings is 2. The van der Waals surface area contributed by atoms with E-state index in [4.69, 9.17) is 5.73 Å². The van der Waals surface area contributed by atoms with Crippen molar-refractivity contribution in [3.8, 4) is 0 Å². The minimum atomic E-state index is -4.03. The van der Waals surface area contributed by atoms with Crippen LogP contribution in [0.15, 0.2) is 42.5 Å². The fourth-order valence-electron chi connectivity index (χ4n) is 6.22. The largest absolute Gasteiger partial charge is 0.480 e. The van der Waals surface area contributed by atoms with Crippen LogP contribution in [0.2, 0.25) is 0 Å². The van der Waals surface area contributed by atoms with E-state index >= 15 is 0 Å². The number of carboxylic acids is 1. The lowest BCUT2D eigenvalue weighted by Crippen LogP contribution is -2.64. The second-order valence-corrected chi connectivity index (χ2v) is 14.6. The zero-order chi connectivity index (χ0) is 34.7.